The molecule has 1 unspecified atom stereocenters. The molecule has 0 saturated carbocycles. The normalized spacial score (nSPS) is 12.6. The van der Waals surface area contributed by atoms with Crippen molar-refractivity contribution in [1.82, 2.24) is 0 Å². The highest BCUT2D eigenvalue weighted by molar-refractivity contribution is 6.38. The average molecular weight is 266 g/mol. The van der Waals surface area contributed by atoms with E-state index in [-0.39, 0.29) is 33.6 Å². The minimum absolute atomic E-state index is 0.0591. The van der Waals surface area contributed by atoms with Gasteiger partial charge in [-0.1, -0.05) is 23.2 Å². The Bertz CT molecular complexity index is 435. The van der Waals surface area contributed by atoms with Gasteiger partial charge in [-0.05, 0) is 25.0 Å². The van der Waals surface area contributed by atoms with Gasteiger partial charge in [0.25, 0.3) is 0 Å². The van der Waals surface area contributed by atoms with E-state index >= 15 is 0 Å². The zero-order valence-electron chi connectivity index (χ0n) is 8.43. The van der Waals surface area contributed by atoms with Gasteiger partial charge in [-0.25, -0.2) is 9.18 Å². The number of benzene rings is 1. The molecule has 1 rings (SSSR count). The highest BCUT2D eigenvalue weighted by Gasteiger charge is 2.20. The van der Waals surface area contributed by atoms with Crippen LogP contribution in [-0.4, -0.2) is 17.1 Å². The van der Waals surface area contributed by atoms with Crippen LogP contribution in [0, 0.1) is 5.82 Å². The largest absolute Gasteiger partial charge is 0.478 e. The molecule has 0 fully saturated rings. The van der Waals surface area contributed by atoms with E-state index in [0.717, 1.165) is 6.07 Å². The number of hydrogen-bond acceptors (Lipinski definition) is 2. The van der Waals surface area contributed by atoms with Crippen LogP contribution in [-0.2, 0) is 6.42 Å². The van der Waals surface area contributed by atoms with Gasteiger partial charge in [-0.15, -0.1) is 0 Å². The van der Waals surface area contributed by atoms with E-state index in [0.29, 0.717) is 0 Å². The Morgan fingerprint density at radius 3 is 2.56 bits per heavy atom. The van der Waals surface area contributed by atoms with Crippen LogP contribution in [0.15, 0.2) is 6.07 Å². The van der Waals surface area contributed by atoms with E-state index in [9.17, 15) is 9.18 Å². The molecule has 6 heteroatoms. The van der Waals surface area contributed by atoms with Crippen LogP contribution >= 0.6 is 23.2 Å². The third-order valence-electron chi connectivity index (χ3n) is 2.00. The molecule has 0 aliphatic rings. The lowest BCUT2D eigenvalue weighted by Gasteiger charge is -2.12. The topological polar surface area (TPSA) is 63.3 Å². The molecular weight excluding hydrogens is 256 g/mol. The fourth-order valence-electron chi connectivity index (χ4n) is 1.31. The summed E-state index contributed by atoms with van der Waals surface area (Å²) in [5.41, 5.74) is 5.48. The summed E-state index contributed by atoms with van der Waals surface area (Å²) in [5.74, 6) is -2.11. The van der Waals surface area contributed by atoms with Crippen molar-refractivity contribution >= 4 is 29.2 Å². The van der Waals surface area contributed by atoms with Crippen LogP contribution in [0.1, 0.15) is 22.8 Å². The van der Waals surface area contributed by atoms with E-state index in [1.54, 1.807) is 6.92 Å². The summed E-state index contributed by atoms with van der Waals surface area (Å²) in [4.78, 5) is 10.8. The molecular formula is C10H10Cl2FNO2. The minimum Gasteiger partial charge on any atom is -0.478 e. The smallest absolute Gasteiger partial charge is 0.337 e. The van der Waals surface area contributed by atoms with Gasteiger partial charge in [0.05, 0.1) is 15.6 Å². The molecule has 16 heavy (non-hydrogen) atoms. The molecule has 0 spiro atoms. The Morgan fingerprint density at radius 2 is 2.12 bits per heavy atom. The zero-order chi connectivity index (χ0) is 12.5. The van der Waals surface area contributed by atoms with Crippen molar-refractivity contribution in [2.45, 2.75) is 19.4 Å². The minimum atomic E-state index is -1.30. The Hall–Kier alpha value is -0.840. The Labute approximate surface area is 102 Å². The summed E-state index contributed by atoms with van der Waals surface area (Å²) in [6, 6.07) is 0.510. The molecule has 0 heterocycles. The van der Waals surface area contributed by atoms with Crippen molar-refractivity contribution in [3.05, 3.63) is 33.1 Å². The maximum Gasteiger partial charge on any atom is 0.337 e. The van der Waals surface area contributed by atoms with Crippen molar-refractivity contribution in [2.75, 3.05) is 0 Å². The molecule has 0 saturated heterocycles. The molecule has 0 aliphatic heterocycles. The van der Waals surface area contributed by atoms with Crippen LogP contribution in [0.2, 0.25) is 10.0 Å². The molecule has 88 valence electrons. The van der Waals surface area contributed by atoms with Gasteiger partial charge in [-0.2, -0.15) is 0 Å². The SMILES string of the molecule is CC(N)Cc1c(Cl)c(F)cc(C(=O)O)c1Cl. The van der Waals surface area contributed by atoms with Gasteiger partial charge in [0.2, 0.25) is 0 Å². The first-order chi connectivity index (χ1) is 7.34. The summed E-state index contributed by atoms with van der Waals surface area (Å²) < 4.78 is 13.3. The molecule has 0 aliphatic carbocycles. The van der Waals surface area contributed by atoms with Crippen molar-refractivity contribution in [3.8, 4) is 0 Å². The molecule has 3 N–H and O–H groups in total. The van der Waals surface area contributed by atoms with E-state index < -0.39 is 11.8 Å². The number of rotatable bonds is 3. The van der Waals surface area contributed by atoms with Crippen LogP contribution in [0.5, 0.6) is 0 Å². The van der Waals surface area contributed by atoms with Gasteiger partial charge in [0.15, 0.2) is 0 Å². The average Bonchev–Trinajstić information content (AvgIpc) is 2.17. The number of carboxylic acids is 1. The maximum absolute atomic E-state index is 13.3. The third kappa shape index (κ3) is 2.64. The van der Waals surface area contributed by atoms with Crippen molar-refractivity contribution in [1.29, 1.82) is 0 Å². The lowest BCUT2D eigenvalue weighted by Crippen LogP contribution is -2.19. The number of nitrogens with two attached hydrogens (primary N) is 1. The van der Waals surface area contributed by atoms with Crippen LogP contribution in [0.4, 0.5) is 4.39 Å². The second-order valence-corrected chi connectivity index (χ2v) is 4.25. The molecule has 1 aromatic rings. The first-order valence-corrected chi connectivity index (χ1v) is 5.25. The number of hydrogen-bond donors (Lipinski definition) is 2. The second-order valence-electron chi connectivity index (χ2n) is 3.50. The van der Waals surface area contributed by atoms with Crippen LogP contribution in [0.25, 0.3) is 0 Å². The van der Waals surface area contributed by atoms with Gasteiger partial charge in [0.1, 0.15) is 5.82 Å². The monoisotopic (exact) mass is 265 g/mol. The van der Waals surface area contributed by atoms with Crippen molar-refractivity contribution < 1.29 is 14.3 Å². The maximum atomic E-state index is 13.3. The van der Waals surface area contributed by atoms with Crippen LogP contribution < -0.4 is 5.73 Å². The number of carboxylic acid groups (broad SMARTS) is 1. The fraction of sp³-hybridized carbons (Fsp3) is 0.300. The molecule has 0 amide bonds. The molecule has 0 bridgehead atoms. The summed E-state index contributed by atoms with van der Waals surface area (Å²) in [5, 5.41) is 8.58. The fourth-order valence-corrected chi connectivity index (χ4v) is 1.89. The van der Waals surface area contributed by atoms with Gasteiger partial charge >= 0.3 is 5.97 Å². The number of halogens is 3. The first-order valence-electron chi connectivity index (χ1n) is 4.49. The van der Waals surface area contributed by atoms with E-state index in [2.05, 4.69) is 0 Å². The van der Waals surface area contributed by atoms with E-state index in [1.165, 1.54) is 0 Å². The first kappa shape index (κ1) is 13.2. The molecule has 3 nitrogen and oxygen atoms in total. The Morgan fingerprint density at radius 1 is 1.56 bits per heavy atom. The molecule has 1 atom stereocenters. The van der Waals surface area contributed by atoms with Gasteiger partial charge in [-0.3, -0.25) is 0 Å². The van der Waals surface area contributed by atoms with Crippen molar-refractivity contribution in [2.24, 2.45) is 5.73 Å². The summed E-state index contributed by atoms with van der Waals surface area (Å²) in [7, 11) is 0. The predicted octanol–water partition coefficient (Wildman–Crippen LogP) is 2.72. The third-order valence-corrected chi connectivity index (χ3v) is 2.84. The summed E-state index contributed by atoms with van der Waals surface area (Å²) >= 11 is 11.5. The van der Waals surface area contributed by atoms with Gasteiger partial charge < -0.3 is 10.8 Å². The highest BCUT2D eigenvalue weighted by Crippen LogP contribution is 2.31. The second kappa shape index (κ2) is 4.99. The Balaban J connectivity index is 3.39. The highest BCUT2D eigenvalue weighted by atomic mass is 35.5. The van der Waals surface area contributed by atoms with E-state index in [4.69, 9.17) is 34.0 Å². The summed E-state index contributed by atoms with van der Waals surface area (Å²) in [6.07, 6.45) is 0.218. The molecule has 1 aromatic carbocycles. The quantitative estimate of drug-likeness (QED) is 0.827. The lowest BCUT2D eigenvalue weighted by molar-refractivity contribution is 0.0696. The van der Waals surface area contributed by atoms with Gasteiger partial charge in [0, 0.05) is 6.04 Å². The lowest BCUT2D eigenvalue weighted by atomic mass is 10.0. The Kier molecular flexibility index (Phi) is 4.13. The summed E-state index contributed by atoms with van der Waals surface area (Å²) in [6.45, 7) is 1.69. The molecule has 0 radical (unpaired) electrons. The number of carbonyl (C=O) groups is 1. The van der Waals surface area contributed by atoms with Crippen molar-refractivity contribution in [3.63, 3.8) is 0 Å². The zero-order valence-corrected chi connectivity index (χ0v) is 9.94. The number of aromatic carboxylic acids is 1. The standard InChI is InChI=1S/C10H10Cl2FNO2/c1-4(14)2-5-8(11)6(10(15)16)3-7(13)9(5)12/h3-4H,2,14H2,1H3,(H,15,16). The predicted molar refractivity (Wildman–Crippen MR) is 60.7 cm³/mol. The van der Waals surface area contributed by atoms with E-state index in [1.807, 2.05) is 0 Å². The molecule has 0 aromatic heterocycles. The van der Waals surface area contributed by atoms with Crippen LogP contribution in [0.3, 0.4) is 0 Å².